The molecule has 0 aromatic heterocycles. The maximum Gasteiger partial charge on any atom is 0.180 e. The lowest BCUT2D eigenvalue weighted by Crippen LogP contribution is -2.56. The number of para-hydroxylation sites is 4. The summed E-state index contributed by atoms with van der Waals surface area (Å²) in [4.78, 5) is 0. The maximum atomic E-state index is 10.3. The minimum atomic E-state index is 0.276. The van der Waals surface area contributed by atoms with Crippen molar-refractivity contribution >= 4 is 11.4 Å². The molecule has 1 saturated heterocycles. The zero-order valence-corrected chi connectivity index (χ0v) is 11.3. The molecule has 0 radical (unpaired) electrons. The number of nitrogens with zero attached hydrogens (tertiary/aromatic N) is 1. The van der Waals surface area contributed by atoms with Crippen molar-refractivity contribution in [3.63, 3.8) is 0 Å². The van der Waals surface area contributed by atoms with Crippen LogP contribution in [0.15, 0.2) is 48.5 Å². The Hall–Kier alpha value is -2.04. The molecular formula is C16H19N2O2+. The highest BCUT2D eigenvalue weighted by Crippen LogP contribution is 2.44. The molecule has 3 rings (SSSR count). The SMILES string of the molecule is Oc1ccccc1[N+]1(c2ccccc2O)CCNCC1. The van der Waals surface area contributed by atoms with Gasteiger partial charge in [-0.25, -0.2) is 0 Å². The average Bonchev–Trinajstić information content (AvgIpc) is 2.49. The summed E-state index contributed by atoms with van der Waals surface area (Å²) < 4.78 is 0.479. The van der Waals surface area contributed by atoms with E-state index >= 15 is 0 Å². The number of quaternary nitrogens is 1. The number of hydrogen-bond donors (Lipinski definition) is 3. The number of nitrogens with one attached hydrogen (secondary N) is 1. The summed E-state index contributed by atoms with van der Waals surface area (Å²) in [6, 6.07) is 14.8. The zero-order valence-electron chi connectivity index (χ0n) is 11.3. The smallest absolute Gasteiger partial charge is 0.180 e. The van der Waals surface area contributed by atoms with E-state index in [0.717, 1.165) is 37.6 Å². The van der Waals surface area contributed by atoms with Gasteiger partial charge in [0, 0.05) is 25.2 Å². The van der Waals surface area contributed by atoms with Gasteiger partial charge in [-0.2, -0.15) is 0 Å². The van der Waals surface area contributed by atoms with Gasteiger partial charge in [-0.15, -0.1) is 0 Å². The highest BCUT2D eigenvalue weighted by atomic mass is 16.3. The van der Waals surface area contributed by atoms with Crippen LogP contribution in [0.25, 0.3) is 0 Å². The van der Waals surface area contributed by atoms with Gasteiger partial charge in [-0.1, -0.05) is 24.3 Å². The second kappa shape index (κ2) is 5.15. The first-order valence-corrected chi connectivity index (χ1v) is 6.89. The second-order valence-corrected chi connectivity index (χ2v) is 5.14. The van der Waals surface area contributed by atoms with Crippen LogP contribution in [0, 0.1) is 0 Å². The molecular weight excluding hydrogens is 252 g/mol. The number of phenols is 2. The third-order valence-electron chi connectivity index (χ3n) is 4.03. The third-order valence-corrected chi connectivity index (χ3v) is 4.03. The van der Waals surface area contributed by atoms with Crippen molar-refractivity contribution in [2.45, 2.75) is 0 Å². The molecule has 1 aliphatic rings. The van der Waals surface area contributed by atoms with Crippen LogP contribution in [0.1, 0.15) is 0 Å². The molecule has 0 spiro atoms. The van der Waals surface area contributed by atoms with Gasteiger partial charge in [0.2, 0.25) is 0 Å². The molecule has 20 heavy (non-hydrogen) atoms. The Morgan fingerprint density at radius 2 is 1.20 bits per heavy atom. The summed E-state index contributed by atoms with van der Waals surface area (Å²) in [7, 11) is 0. The third kappa shape index (κ3) is 2.03. The van der Waals surface area contributed by atoms with E-state index in [-0.39, 0.29) is 11.5 Å². The number of rotatable bonds is 2. The molecule has 2 aromatic carbocycles. The summed E-state index contributed by atoms with van der Waals surface area (Å²) in [5, 5.41) is 23.9. The van der Waals surface area contributed by atoms with E-state index < -0.39 is 0 Å². The van der Waals surface area contributed by atoms with Gasteiger partial charge >= 0.3 is 0 Å². The van der Waals surface area contributed by atoms with E-state index in [1.807, 2.05) is 36.4 Å². The second-order valence-electron chi connectivity index (χ2n) is 5.14. The highest BCUT2D eigenvalue weighted by molar-refractivity contribution is 5.69. The van der Waals surface area contributed by atoms with E-state index in [0.29, 0.717) is 4.48 Å². The molecule has 104 valence electrons. The molecule has 1 heterocycles. The van der Waals surface area contributed by atoms with Crippen molar-refractivity contribution in [1.82, 2.24) is 9.80 Å². The number of aromatic hydroxyl groups is 2. The Labute approximate surface area is 118 Å². The highest BCUT2D eigenvalue weighted by Gasteiger charge is 2.39. The van der Waals surface area contributed by atoms with Crippen LogP contribution in [0.5, 0.6) is 11.5 Å². The van der Waals surface area contributed by atoms with Crippen LogP contribution in [-0.2, 0) is 0 Å². The standard InChI is InChI=1S/C16H18N2O2/c19-15-7-3-1-5-13(15)18(11-9-17-10-12-18)14-6-2-4-8-16(14)20/h1-8,17H,9-12H2,(H-,19,20)/p+1. The van der Waals surface area contributed by atoms with E-state index in [1.165, 1.54) is 0 Å². The van der Waals surface area contributed by atoms with Crippen molar-refractivity contribution in [2.24, 2.45) is 0 Å². The van der Waals surface area contributed by atoms with E-state index in [2.05, 4.69) is 5.32 Å². The topological polar surface area (TPSA) is 52.5 Å². The number of piperazine rings is 1. The average molecular weight is 271 g/mol. The van der Waals surface area contributed by atoms with Gasteiger partial charge in [0.15, 0.2) is 22.9 Å². The summed E-state index contributed by atoms with van der Waals surface area (Å²) in [6.45, 7) is 3.30. The Kier molecular flexibility index (Phi) is 3.34. The fraction of sp³-hybridized carbons (Fsp3) is 0.250. The van der Waals surface area contributed by atoms with Gasteiger partial charge in [0.1, 0.15) is 13.1 Å². The summed E-state index contributed by atoms with van der Waals surface area (Å²) in [5.74, 6) is 0.551. The van der Waals surface area contributed by atoms with Crippen LogP contribution in [0.4, 0.5) is 11.4 Å². The molecule has 0 aliphatic carbocycles. The normalized spacial score (nSPS) is 17.8. The van der Waals surface area contributed by atoms with Crippen molar-refractivity contribution in [1.29, 1.82) is 0 Å². The summed E-state index contributed by atoms with van der Waals surface area (Å²) in [6.07, 6.45) is 0. The first-order chi connectivity index (χ1) is 9.74. The molecule has 0 bridgehead atoms. The van der Waals surface area contributed by atoms with Gasteiger partial charge in [-0.3, -0.25) is 4.48 Å². The molecule has 4 nitrogen and oxygen atoms in total. The lowest BCUT2D eigenvalue weighted by atomic mass is 10.1. The Morgan fingerprint density at radius 1 is 0.750 bits per heavy atom. The Bertz CT molecular complexity index is 559. The summed E-state index contributed by atoms with van der Waals surface area (Å²) >= 11 is 0. The lowest BCUT2D eigenvalue weighted by molar-refractivity contribution is 0.309. The van der Waals surface area contributed by atoms with Crippen LogP contribution >= 0.6 is 0 Å². The first-order valence-electron chi connectivity index (χ1n) is 6.89. The van der Waals surface area contributed by atoms with Crippen molar-refractivity contribution in [3.05, 3.63) is 48.5 Å². The fourth-order valence-corrected chi connectivity index (χ4v) is 3.04. The molecule has 4 heteroatoms. The van der Waals surface area contributed by atoms with E-state index in [9.17, 15) is 10.2 Å². The predicted octanol–water partition coefficient (Wildman–Crippen LogP) is 2.34. The minimum Gasteiger partial charge on any atom is -0.503 e. The molecule has 1 fully saturated rings. The molecule has 3 N–H and O–H groups in total. The Balaban J connectivity index is 2.20. The lowest BCUT2D eigenvalue weighted by Gasteiger charge is -2.41. The predicted molar refractivity (Wildman–Crippen MR) is 80.3 cm³/mol. The molecule has 1 aliphatic heterocycles. The van der Waals surface area contributed by atoms with Crippen molar-refractivity contribution in [3.8, 4) is 11.5 Å². The monoisotopic (exact) mass is 271 g/mol. The van der Waals surface area contributed by atoms with E-state index in [1.54, 1.807) is 12.1 Å². The largest absolute Gasteiger partial charge is 0.503 e. The van der Waals surface area contributed by atoms with Gasteiger partial charge in [0.05, 0.1) is 0 Å². The molecule has 2 aromatic rings. The molecule has 0 atom stereocenters. The van der Waals surface area contributed by atoms with Crippen LogP contribution in [0.2, 0.25) is 0 Å². The van der Waals surface area contributed by atoms with Crippen molar-refractivity contribution in [2.75, 3.05) is 26.2 Å². The maximum absolute atomic E-state index is 10.3. The van der Waals surface area contributed by atoms with Crippen LogP contribution in [-0.4, -0.2) is 36.4 Å². The molecule has 0 unspecified atom stereocenters. The quantitative estimate of drug-likeness (QED) is 0.735. The zero-order chi connectivity index (χ0) is 14.0. The number of phenolic OH excluding ortho intramolecular Hbond substituents is 2. The number of hydrogen-bond acceptors (Lipinski definition) is 3. The first kappa shape index (κ1) is 13.0. The Morgan fingerprint density at radius 3 is 1.65 bits per heavy atom. The van der Waals surface area contributed by atoms with Crippen molar-refractivity contribution < 1.29 is 10.2 Å². The van der Waals surface area contributed by atoms with Crippen LogP contribution < -0.4 is 9.80 Å². The minimum absolute atomic E-state index is 0.276. The number of benzene rings is 2. The fourth-order valence-electron chi connectivity index (χ4n) is 3.04. The molecule has 0 saturated carbocycles. The van der Waals surface area contributed by atoms with Gasteiger partial charge < -0.3 is 15.5 Å². The summed E-state index contributed by atoms with van der Waals surface area (Å²) in [5.41, 5.74) is 1.69. The van der Waals surface area contributed by atoms with Crippen LogP contribution in [0.3, 0.4) is 0 Å². The van der Waals surface area contributed by atoms with Gasteiger partial charge in [-0.05, 0) is 12.1 Å². The van der Waals surface area contributed by atoms with Gasteiger partial charge in [0.25, 0.3) is 0 Å². The van der Waals surface area contributed by atoms with E-state index in [4.69, 9.17) is 0 Å². The molecule has 0 amide bonds.